The molecule has 2 saturated heterocycles. The first kappa shape index (κ1) is 26.7. The number of aliphatic hydroxyl groups excluding tert-OH is 1. The summed E-state index contributed by atoms with van der Waals surface area (Å²) in [6.07, 6.45) is 1.60. The van der Waals surface area contributed by atoms with Crippen LogP contribution >= 0.6 is 0 Å². The molecule has 8 heteroatoms. The molecule has 0 aromatic heterocycles. The van der Waals surface area contributed by atoms with Gasteiger partial charge in [-0.1, -0.05) is 19.1 Å². The minimum atomic E-state index is -0.684. The Hall–Kier alpha value is -3.36. The van der Waals surface area contributed by atoms with Crippen LogP contribution in [0, 0.1) is 0 Å². The molecule has 0 radical (unpaired) electrons. The van der Waals surface area contributed by atoms with Crippen LogP contribution in [0.5, 0.6) is 11.5 Å². The molecule has 2 heterocycles. The number of amides is 1. The van der Waals surface area contributed by atoms with Crippen LogP contribution in [-0.2, 0) is 14.3 Å². The zero-order valence-electron chi connectivity index (χ0n) is 21.7. The van der Waals surface area contributed by atoms with Gasteiger partial charge in [-0.2, -0.15) is 0 Å². The van der Waals surface area contributed by atoms with Crippen LogP contribution in [0.3, 0.4) is 0 Å². The SMILES string of the molecule is CCCOc1ccc(C(O)=C2C(=O)C(=O)N(CCCN3CCOCC3)[C@H]2c2ccc(OCC)cc2)cc1. The second kappa shape index (κ2) is 12.7. The molecule has 0 bridgehead atoms. The Morgan fingerprint density at radius 2 is 1.59 bits per heavy atom. The molecule has 1 N–H and O–H groups in total. The maximum Gasteiger partial charge on any atom is 0.295 e. The Labute approximate surface area is 218 Å². The first-order valence-electron chi connectivity index (χ1n) is 13.1. The number of hydrogen-bond donors (Lipinski definition) is 1. The number of likely N-dealkylation sites (tertiary alicyclic amines) is 1. The summed E-state index contributed by atoms with van der Waals surface area (Å²) in [6, 6.07) is 13.6. The highest BCUT2D eigenvalue weighted by Gasteiger charge is 2.45. The van der Waals surface area contributed by atoms with E-state index in [9.17, 15) is 14.7 Å². The van der Waals surface area contributed by atoms with Gasteiger partial charge in [-0.05, 0) is 61.7 Å². The molecule has 0 spiro atoms. The maximum absolute atomic E-state index is 13.3. The minimum absolute atomic E-state index is 0.0998. The summed E-state index contributed by atoms with van der Waals surface area (Å²) in [6.45, 7) is 9.42. The van der Waals surface area contributed by atoms with Gasteiger partial charge in [0, 0.05) is 31.7 Å². The highest BCUT2D eigenvalue weighted by Crippen LogP contribution is 2.40. The lowest BCUT2D eigenvalue weighted by Gasteiger charge is -2.29. The van der Waals surface area contributed by atoms with Gasteiger partial charge in [0.1, 0.15) is 17.3 Å². The Balaban J connectivity index is 1.63. The van der Waals surface area contributed by atoms with Crippen molar-refractivity contribution in [3.63, 3.8) is 0 Å². The summed E-state index contributed by atoms with van der Waals surface area (Å²) in [4.78, 5) is 30.4. The fraction of sp³-hybridized carbons (Fsp3) is 0.448. The first-order chi connectivity index (χ1) is 18.0. The molecule has 2 aromatic carbocycles. The molecule has 1 atom stereocenters. The maximum atomic E-state index is 13.3. The summed E-state index contributed by atoms with van der Waals surface area (Å²) < 4.78 is 16.6. The minimum Gasteiger partial charge on any atom is -0.507 e. The number of morpholine rings is 1. The fourth-order valence-electron chi connectivity index (χ4n) is 4.74. The molecule has 37 heavy (non-hydrogen) atoms. The molecule has 2 aliphatic rings. The Morgan fingerprint density at radius 1 is 0.946 bits per heavy atom. The Bertz CT molecular complexity index is 1090. The van der Waals surface area contributed by atoms with Crippen LogP contribution in [0.25, 0.3) is 5.76 Å². The monoisotopic (exact) mass is 508 g/mol. The third kappa shape index (κ3) is 6.32. The van der Waals surface area contributed by atoms with Crippen molar-refractivity contribution in [1.29, 1.82) is 0 Å². The van der Waals surface area contributed by atoms with Crippen LogP contribution in [0.2, 0.25) is 0 Å². The van der Waals surface area contributed by atoms with Crippen molar-refractivity contribution in [1.82, 2.24) is 9.80 Å². The number of ketones is 1. The number of carbonyl (C=O) groups is 2. The van der Waals surface area contributed by atoms with Crippen molar-refractivity contribution < 1.29 is 28.9 Å². The highest BCUT2D eigenvalue weighted by molar-refractivity contribution is 6.46. The van der Waals surface area contributed by atoms with E-state index in [1.165, 1.54) is 0 Å². The van der Waals surface area contributed by atoms with E-state index in [2.05, 4.69) is 4.90 Å². The standard InChI is InChI=1S/C29H36N2O6/c1-3-18-37-24-12-8-22(9-13-24)27(32)25-26(21-6-10-23(11-7-21)36-4-2)31(29(34)28(25)33)15-5-14-30-16-19-35-20-17-30/h6-13,26,32H,3-5,14-20H2,1-2H3/t26-/m0/s1. The van der Waals surface area contributed by atoms with Crippen LogP contribution in [0.4, 0.5) is 0 Å². The van der Waals surface area contributed by atoms with Gasteiger partial charge in [-0.25, -0.2) is 0 Å². The molecule has 0 unspecified atom stereocenters. The van der Waals surface area contributed by atoms with Crippen molar-refractivity contribution in [3.05, 3.63) is 65.2 Å². The van der Waals surface area contributed by atoms with Crippen molar-refractivity contribution in [2.45, 2.75) is 32.7 Å². The van der Waals surface area contributed by atoms with Crippen LogP contribution in [0.1, 0.15) is 43.9 Å². The molecule has 2 aromatic rings. The van der Waals surface area contributed by atoms with Crippen molar-refractivity contribution in [2.24, 2.45) is 0 Å². The average Bonchev–Trinajstić information content (AvgIpc) is 3.18. The number of ether oxygens (including phenoxy) is 3. The lowest BCUT2D eigenvalue weighted by Crippen LogP contribution is -2.38. The van der Waals surface area contributed by atoms with E-state index in [-0.39, 0.29) is 11.3 Å². The summed E-state index contributed by atoms with van der Waals surface area (Å²) >= 11 is 0. The summed E-state index contributed by atoms with van der Waals surface area (Å²) in [5, 5.41) is 11.3. The van der Waals surface area contributed by atoms with Crippen LogP contribution in [-0.4, -0.2) is 79.2 Å². The van der Waals surface area contributed by atoms with Crippen molar-refractivity contribution in [2.75, 3.05) is 52.6 Å². The smallest absolute Gasteiger partial charge is 0.295 e. The number of aliphatic hydroxyl groups is 1. The van der Waals surface area contributed by atoms with E-state index in [4.69, 9.17) is 14.2 Å². The molecule has 2 fully saturated rings. The summed E-state index contributed by atoms with van der Waals surface area (Å²) in [5.74, 6) is -0.0578. The Morgan fingerprint density at radius 3 is 2.24 bits per heavy atom. The van der Waals surface area contributed by atoms with Gasteiger partial charge >= 0.3 is 0 Å². The molecular formula is C29H36N2O6. The largest absolute Gasteiger partial charge is 0.507 e. The van der Waals surface area contributed by atoms with Gasteiger partial charge in [-0.15, -0.1) is 0 Å². The quantitative estimate of drug-likeness (QED) is 0.279. The van der Waals surface area contributed by atoms with Crippen molar-refractivity contribution in [3.8, 4) is 11.5 Å². The van der Waals surface area contributed by atoms with E-state index in [1.807, 2.05) is 38.1 Å². The second-order valence-electron chi connectivity index (χ2n) is 9.17. The highest BCUT2D eigenvalue weighted by atomic mass is 16.5. The van der Waals surface area contributed by atoms with Gasteiger partial charge in [0.15, 0.2) is 0 Å². The topological polar surface area (TPSA) is 88.5 Å². The molecular weight excluding hydrogens is 472 g/mol. The van der Waals surface area contributed by atoms with Gasteiger partial charge in [0.25, 0.3) is 11.7 Å². The summed E-state index contributed by atoms with van der Waals surface area (Å²) in [5.41, 5.74) is 1.31. The third-order valence-corrected chi connectivity index (χ3v) is 6.62. The van der Waals surface area contributed by atoms with Gasteiger partial charge in [0.2, 0.25) is 0 Å². The molecule has 0 aliphatic carbocycles. The van der Waals surface area contributed by atoms with Gasteiger partial charge < -0.3 is 24.2 Å². The molecule has 8 nitrogen and oxygen atoms in total. The summed E-state index contributed by atoms with van der Waals surface area (Å²) in [7, 11) is 0. The Kier molecular flexibility index (Phi) is 9.19. The first-order valence-corrected chi connectivity index (χ1v) is 13.1. The van der Waals surface area contributed by atoms with Crippen molar-refractivity contribution >= 4 is 17.4 Å². The third-order valence-electron chi connectivity index (χ3n) is 6.62. The average molecular weight is 509 g/mol. The van der Waals surface area contributed by atoms with E-state index in [0.29, 0.717) is 56.5 Å². The number of carbonyl (C=O) groups excluding carboxylic acids is 2. The number of Topliss-reactive ketones (excluding diaryl/α,β-unsaturated/α-hetero) is 1. The predicted molar refractivity (Wildman–Crippen MR) is 141 cm³/mol. The zero-order chi connectivity index (χ0) is 26.2. The zero-order valence-corrected chi connectivity index (χ0v) is 21.7. The number of hydrogen-bond acceptors (Lipinski definition) is 7. The molecule has 1 amide bonds. The number of benzene rings is 2. The lowest BCUT2D eigenvalue weighted by atomic mass is 9.95. The number of nitrogens with zero attached hydrogens (tertiary/aromatic N) is 2. The van der Waals surface area contributed by atoms with Gasteiger partial charge in [0.05, 0.1) is 38.0 Å². The molecule has 4 rings (SSSR count). The number of rotatable bonds is 11. The molecule has 198 valence electrons. The van der Waals surface area contributed by atoms with E-state index >= 15 is 0 Å². The predicted octanol–water partition coefficient (Wildman–Crippen LogP) is 4.02. The normalized spacial score (nSPS) is 19.8. The van der Waals surface area contributed by atoms with Crippen LogP contribution in [0.15, 0.2) is 54.1 Å². The van der Waals surface area contributed by atoms with Crippen LogP contribution < -0.4 is 9.47 Å². The van der Waals surface area contributed by atoms with E-state index < -0.39 is 17.7 Å². The second-order valence-corrected chi connectivity index (χ2v) is 9.17. The van der Waals surface area contributed by atoms with Gasteiger partial charge in [-0.3, -0.25) is 14.5 Å². The fourth-order valence-corrected chi connectivity index (χ4v) is 4.74. The molecule has 2 aliphatic heterocycles. The lowest BCUT2D eigenvalue weighted by molar-refractivity contribution is -0.140. The van der Waals surface area contributed by atoms with E-state index in [0.717, 1.165) is 31.6 Å². The molecule has 0 saturated carbocycles. The van der Waals surface area contributed by atoms with E-state index in [1.54, 1.807) is 29.2 Å².